The zero-order valence-electron chi connectivity index (χ0n) is 14.4. The molecule has 2 aromatic rings. The third-order valence-corrected chi connectivity index (χ3v) is 4.08. The molecule has 1 aliphatic rings. The summed E-state index contributed by atoms with van der Waals surface area (Å²) >= 11 is 0. The van der Waals surface area contributed by atoms with Crippen molar-refractivity contribution in [3.63, 3.8) is 0 Å². The standard InChI is InChI=1S/C19H20F2N2O3/c1-23(10-13-3-2-4-16(20)7-13)19(24)22-6-5-14-8-17(21)9-15-11-25-12-26-18(14)15/h2-4,7-9H,5-6,10-12H2,1H3,(H,22,24). The maximum absolute atomic E-state index is 13.7. The molecule has 2 amide bonds. The summed E-state index contributed by atoms with van der Waals surface area (Å²) in [5.41, 5.74) is 2.06. The van der Waals surface area contributed by atoms with Gasteiger partial charge in [-0.1, -0.05) is 12.1 Å². The third-order valence-electron chi connectivity index (χ3n) is 4.08. The summed E-state index contributed by atoms with van der Waals surface area (Å²) in [4.78, 5) is 13.6. The van der Waals surface area contributed by atoms with Crippen LogP contribution in [0.15, 0.2) is 36.4 Å². The molecule has 1 N–H and O–H groups in total. The van der Waals surface area contributed by atoms with E-state index in [2.05, 4.69) is 5.32 Å². The highest BCUT2D eigenvalue weighted by Gasteiger charge is 2.17. The summed E-state index contributed by atoms with van der Waals surface area (Å²) in [6, 6.07) is 8.62. The minimum atomic E-state index is -0.359. The summed E-state index contributed by atoms with van der Waals surface area (Å²) in [6.45, 7) is 1.06. The number of ether oxygens (including phenoxy) is 2. The normalized spacial score (nSPS) is 12.9. The lowest BCUT2D eigenvalue weighted by molar-refractivity contribution is -0.0172. The van der Waals surface area contributed by atoms with Crippen LogP contribution in [0.5, 0.6) is 5.75 Å². The molecule has 0 atom stereocenters. The lowest BCUT2D eigenvalue weighted by Crippen LogP contribution is -2.37. The van der Waals surface area contributed by atoms with Gasteiger partial charge in [0.05, 0.1) is 6.61 Å². The van der Waals surface area contributed by atoms with E-state index in [9.17, 15) is 13.6 Å². The molecule has 0 radical (unpaired) electrons. The number of carbonyl (C=O) groups is 1. The molecule has 0 aliphatic carbocycles. The van der Waals surface area contributed by atoms with E-state index in [1.165, 1.54) is 29.2 Å². The molecule has 0 fully saturated rings. The van der Waals surface area contributed by atoms with Gasteiger partial charge in [-0.2, -0.15) is 0 Å². The summed E-state index contributed by atoms with van der Waals surface area (Å²) < 4.78 is 37.5. The fourth-order valence-electron chi connectivity index (χ4n) is 2.86. The SMILES string of the molecule is CN(Cc1cccc(F)c1)C(=O)NCCc1cc(F)cc2c1OCOC2. The number of urea groups is 1. The van der Waals surface area contributed by atoms with E-state index in [4.69, 9.17) is 9.47 Å². The van der Waals surface area contributed by atoms with E-state index in [-0.39, 0.29) is 24.5 Å². The smallest absolute Gasteiger partial charge is 0.317 e. The van der Waals surface area contributed by atoms with E-state index in [1.54, 1.807) is 19.2 Å². The van der Waals surface area contributed by atoms with E-state index >= 15 is 0 Å². The Morgan fingerprint density at radius 1 is 1.23 bits per heavy atom. The molecule has 5 nitrogen and oxygen atoms in total. The summed E-state index contributed by atoms with van der Waals surface area (Å²) in [7, 11) is 1.63. The van der Waals surface area contributed by atoms with Crippen LogP contribution in [0.25, 0.3) is 0 Å². The molecule has 2 aromatic carbocycles. The van der Waals surface area contributed by atoms with Gasteiger partial charge in [0.1, 0.15) is 17.4 Å². The van der Waals surface area contributed by atoms with Crippen LogP contribution >= 0.6 is 0 Å². The lowest BCUT2D eigenvalue weighted by atomic mass is 10.1. The fourth-order valence-corrected chi connectivity index (χ4v) is 2.86. The number of hydrogen-bond acceptors (Lipinski definition) is 3. The Morgan fingerprint density at radius 2 is 2.08 bits per heavy atom. The molecule has 1 heterocycles. The van der Waals surface area contributed by atoms with Gasteiger partial charge in [-0.3, -0.25) is 0 Å². The molecule has 138 valence electrons. The molecule has 26 heavy (non-hydrogen) atoms. The van der Waals surface area contributed by atoms with Crippen molar-refractivity contribution in [1.82, 2.24) is 10.2 Å². The van der Waals surface area contributed by atoms with Crippen LogP contribution < -0.4 is 10.1 Å². The average molecular weight is 362 g/mol. The van der Waals surface area contributed by atoms with Crippen LogP contribution in [-0.4, -0.2) is 31.3 Å². The minimum absolute atomic E-state index is 0.133. The number of fused-ring (bicyclic) bond motifs is 1. The van der Waals surface area contributed by atoms with Crippen molar-refractivity contribution in [3.05, 3.63) is 64.7 Å². The van der Waals surface area contributed by atoms with Gasteiger partial charge in [-0.25, -0.2) is 13.6 Å². The Morgan fingerprint density at radius 3 is 2.88 bits per heavy atom. The predicted molar refractivity (Wildman–Crippen MR) is 91.7 cm³/mol. The first-order chi connectivity index (χ1) is 12.5. The topological polar surface area (TPSA) is 50.8 Å². The number of nitrogens with one attached hydrogen (secondary N) is 1. The molecular weight excluding hydrogens is 342 g/mol. The van der Waals surface area contributed by atoms with Gasteiger partial charge in [0, 0.05) is 25.7 Å². The molecule has 0 spiro atoms. The van der Waals surface area contributed by atoms with Gasteiger partial charge in [-0.15, -0.1) is 0 Å². The molecule has 0 saturated heterocycles. The van der Waals surface area contributed by atoms with Gasteiger partial charge >= 0.3 is 6.03 Å². The summed E-state index contributed by atoms with van der Waals surface area (Å²) in [5, 5.41) is 2.78. The van der Waals surface area contributed by atoms with Crippen molar-refractivity contribution in [2.75, 3.05) is 20.4 Å². The number of hydrogen-bond donors (Lipinski definition) is 1. The number of rotatable bonds is 5. The number of nitrogens with zero attached hydrogens (tertiary/aromatic N) is 1. The Labute approximate surface area is 150 Å². The second-order valence-electron chi connectivity index (χ2n) is 6.13. The highest BCUT2D eigenvalue weighted by atomic mass is 19.1. The number of carbonyl (C=O) groups excluding carboxylic acids is 1. The molecule has 0 unspecified atom stereocenters. The molecule has 0 saturated carbocycles. The van der Waals surface area contributed by atoms with Crippen molar-refractivity contribution in [3.8, 4) is 5.75 Å². The quantitative estimate of drug-likeness (QED) is 0.889. The minimum Gasteiger partial charge on any atom is -0.467 e. The fraction of sp³-hybridized carbons (Fsp3) is 0.316. The molecule has 3 rings (SSSR count). The summed E-state index contributed by atoms with van der Waals surface area (Å²) in [5.74, 6) is -0.0708. The first-order valence-electron chi connectivity index (χ1n) is 8.28. The van der Waals surface area contributed by atoms with Crippen molar-refractivity contribution in [1.29, 1.82) is 0 Å². The van der Waals surface area contributed by atoms with Gasteiger partial charge in [-0.05, 0) is 41.8 Å². The van der Waals surface area contributed by atoms with Crippen molar-refractivity contribution >= 4 is 6.03 Å². The van der Waals surface area contributed by atoms with Crippen LogP contribution in [0.2, 0.25) is 0 Å². The van der Waals surface area contributed by atoms with Gasteiger partial charge in [0.15, 0.2) is 6.79 Å². The Balaban J connectivity index is 1.54. The molecular formula is C19H20F2N2O3. The van der Waals surface area contributed by atoms with Crippen molar-refractivity contribution < 1.29 is 23.0 Å². The highest BCUT2D eigenvalue weighted by Crippen LogP contribution is 2.29. The van der Waals surface area contributed by atoms with E-state index in [0.717, 1.165) is 0 Å². The molecule has 0 bridgehead atoms. The van der Waals surface area contributed by atoms with Crippen molar-refractivity contribution in [2.45, 2.75) is 19.6 Å². The first-order valence-corrected chi connectivity index (χ1v) is 8.28. The van der Waals surface area contributed by atoms with Crippen LogP contribution in [-0.2, 0) is 24.3 Å². The molecule has 7 heteroatoms. The van der Waals surface area contributed by atoms with E-state index in [1.807, 2.05) is 0 Å². The zero-order valence-corrected chi connectivity index (χ0v) is 14.4. The van der Waals surface area contributed by atoms with E-state index < -0.39 is 0 Å². The van der Waals surface area contributed by atoms with Crippen LogP contribution in [0.3, 0.4) is 0 Å². The monoisotopic (exact) mass is 362 g/mol. The van der Waals surface area contributed by atoms with Crippen LogP contribution in [0, 0.1) is 11.6 Å². The lowest BCUT2D eigenvalue weighted by Gasteiger charge is -2.21. The maximum Gasteiger partial charge on any atom is 0.317 e. The third kappa shape index (κ3) is 4.49. The van der Waals surface area contributed by atoms with Crippen LogP contribution in [0.1, 0.15) is 16.7 Å². The number of halogens is 2. The van der Waals surface area contributed by atoms with Gasteiger partial charge in [0.2, 0.25) is 0 Å². The second kappa shape index (κ2) is 8.14. The molecule has 0 aromatic heterocycles. The Hall–Kier alpha value is -2.67. The van der Waals surface area contributed by atoms with E-state index in [0.29, 0.717) is 48.6 Å². The van der Waals surface area contributed by atoms with Crippen LogP contribution in [0.4, 0.5) is 13.6 Å². The number of amides is 2. The first kappa shape index (κ1) is 18.1. The largest absolute Gasteiger partial charge is 0.467 e. The Kier molecular flexibility index (Phi) is 5.68. The Bertz CT molecular complexity index is 798. The predicted octanol–water partition coefficient (Wildman–Crippen LogP) is 3.22. The maximum atomic E-state index is 13.7. The second-order valence-corrected chi connectivity index (χ2v) is 6.13. The zero-order chi connectivity index (χ0) is 18.5. The summed E-state index contributed by atoms with van der Waals surface area (Å²) in [6.07, 6.45) is 0.430. The molecule has 1 aliphatic heterocycles. The average Bonchev–Trinajstić information content (AvgIpc) is 2.61. The highest BCUT2D eigenvalue weighted by molar-refractivity contribution is 5.73. The number of benzene rings is 2. The van der Waals surface area contributed by atoms with Gasteiger partial charge < -0.3 is 19.7 Å². The van der Waals surface area contributed by atoms with Crippen molar-refractivity contribution in [2.24, 2.45) is 0 Å². The van der Waals surface area contributed by atoms with Gasteiger partial charge in [0.25, 0.3) is 0 Å².